The fraction of sp³-hybridized carbons (Fsp3) is 0.100. The lowest BCUT2D eigenvalue weighted by Crippen LogP contribution is -1.73. The molecule has 0 saturated carbocycles. The second-order valence-corrected chi connectivity index (χ2v) is 2.97. The number of carbonyl (C=O) groups is 1. The van der Waals surface area contributed by atoms with Crippen LogP contribution >= 0.6 is 15.9 Å². The van der Waals surface area contributed by atoms with Gasteiger partial charge in [0.1, 0.15) is 0 Å². The number of hydrogen-bond donors (Lipinski definition) is 1. The van der Waals surface area contributed by atoms with Crippen molar-refractivity contribution in [2.75, 3.05) is 7.11 Å². The minimum absolute atomic E-state index is 0.559. The van der Waals surface area contributed by atoms with Crippen LogP contribution in [0.2, 0.25) is 0 Å². The SMILES string of the molecule is CO.O=C/C(Br)=C/c1ccccc1. The van der Waals surface area contributed by atoms with Crippen LogP contribution in [0, 0.1) is 0 Å². The normalized spacial score (nSPS) is 9.92. The highest BCUT2D eigenvalue weighted by Gasteiger charge is 1.87. The van der Waals surface area contributed by atoms with Crippen molar-refractivity contribution in [3.05, 3.63) is 40.4 Å². The highest BCUT2D eigenvalue weighted by atomic mass is 79.9. The van der Waals surface area contributed by atoms with Gasteiger partial charge < -0.3 is 5.11 Å². The summed E-state index contributed by atoms with van der Waals surface area (Å²) in [4.78, 5) is 10.2. The molecule has 0 heterocycles. The summed E-state index contributed by atoms with van der Waals surface area (Å²) in [6.07, 6.45) is 2.54. The molecule has 0 aromatic heterocycles. The van der Waals surface area contributed by atoms with Crippen LogP contribution in [0.5, 0.6) is 0 Å². The Hall–Kier alpha value is -0.930. The van der Waals surface area contributed by atoms with E-state index in [0.29, 0.717) is 4.48 Å². The third kappa shape index (κ3) is 5.33. The first-order chi connectivity index (χ1) is 6.33. The van der Waals surface area contributed by atoms with Gasteiger partial charge in [-0.3, -0.25) is 4.79 Å². The predicted octanol–water partition coefficient (Wildman–Crippen LogP) is 2.23. The molecule has 13 heavy (non-hydrogen) atoms. The van der Waals surface area contributed by atoms with Gasteiger partial charge in [0.05, 0.1) is 4.48 Å². The van der Waals surface area contributed by atoms with Gasteiger partial charge in [0.15, 0.2) is 6.29 Å². The van der Waals surface area contributed by atoms with Gasteiger partial charge >= 0.3 is 0 Å². The number of aliphatic hydroxyl groups excluding tert-OH is 1. The van der Waals surface area contributed by atoms with Crippen LogP contribution in [0.15, 0.2) is 34.8 Å². The molecule has 0 aliphatic carbocycles. The summed E-state index contributed by atoms with van der Waals surface area (Å²) in [6.45, 7) is 0. The Kier molecular flexibility index (Phi) is 7.15. The largest absolute Gasteiger partial charge is 0.400 e. The maximum Gasteiger partial charge on any atom is 0.157 e. The maximum absolute atomic E-state index is 10.2. The first-order valence-corrected chi connectivity index (χ1v) is 4.44. The van der Waals surface area contributed by atoms with Crippen LogP contribution in [-0.2, 0) is 4.79 Å². The number of aliphatic hydroxyl groups is 1. The van der Waals surface area contributed by atoms with Crippen LogP contribution in [-0.4, -0.2) is 18.5 Å². The van der Waals surface area contributed by atoms with Gasteiger partial charge in [-0.1, -0.05) is 30.3 Å². The number of benzene rings is 1. The van der Waals surface area contributed by atoms with Gasteiger partial charge in [-0.25, -0.2) is 0 Å². The molecule has 0 fully saturated rings. The third-order valence-corrected chi connectivity index (χ3v) is 1.63. The number of rotatable bonds is 2. The second kappa shape index (κ2) is 7.71. The Labute approximate surface area is 86.0 Å². The summed E-state index contributed by atoms with van der Waals surface area (Å²) in [6, 6.07) is 9.66. The van der Waals surface area contributed by atoms with Crippen molar-refractivity contribution >= 4 is 28.3 Å². The number of aldehydes is 1. The molecule has 0 aliphatic rings. The minimum atomic E-state index is 0.559. The summed E-state index contributed by atoms with van der Waals surface area (Å²) in [5.41, 5.74) is 1.02. The fourth-order valence-electron chi connectivity index (χ4n) is 0.743. The van der Waals surface area contributed by atoms with Crippen molar-refractivity contribution in [1.29, 1.82) is 0 Å². The number of allylic oxidation sites excluding steroid dienone is 1. The van der Waals surface area contributed by atoms with Crippen molar-refractivity contribution in [3.8, 4) is 0 Å². The lowest BCUT2D eigenvalue weighted by atomic mass is 10.2. The molecule has 0 radical (unpaired) electrons. The molecule has 1 aromatic carbocycles. The summed E-state index contributed by atoms with van der Waals surface area (Å²) >= 11 is 3.11. The van der Waals surface area contributed by atoms with E-state index in [1.54, 1.807) is 6.08 Å². The molecule has 0 atom stereocenters. The average molecular weight is 243 g/mol. The van der Waals surface area contributed by atoms with Crippen molar-refractivity contribution in [2.45, 2.75) is 0 Å². The molecule has 70 valence electrons. The standard InChI is InChI=1S/C9H7BrO.CH4O/c10-9(7-11)6-8-4-2-1-3-5-8;1-2/h1-7H;2H,1H3/b9-6-;. The lowest BCUT2D eigenvalue weighted by Gasteiger charge is -1.89. The topological polar surface area (TPSA) is 37.3 Å². The van der Waals surface area contributed by atoms with E-state index in [4.69, 9.17) is 5.11 Å². The first-order valence-electron chi connectivity index (χ1n) is 3.65. The molecule has 0 aliphatic heterocycles. The van der Waals surface area contributed by atoms with E-state index in [0.717, 1.165) is 19.0 Å². The Bertz CT molecular complexity index is 268. The molecule has 0 saturated heterocycles. The second-order valence-electron chi connectivity index (χ2n) is 2.06. The van der Waals surface area contributed by atoms with Gasteiger partial charge in [-0.15, -0.1) is 0 Å². The van der Waals surface area contributed by atoms with E-state index in [-0.39, 0.29) is 0 Å². The molecular formula is C10H11BrO2. The molecular weight excluding hydrogens is 232 g/mol. The number of hydrogen-bond acceptors (Lipinski definition) is 2. The maximum atomic E-state index is 10.2. The molecule has 0 spiro atoms. The van der Waals surface area contributed by atoms with E-state index in [9.17, 15) is 4.79 Å². The first kappa shape index (κ1) is 12.1. The molecule has 1 rings (SSSR count). The van der Waals surface area contributed by atoms with E-state index in [1.807, 2.05) is 30.3 Å². The third-order valence-electron chi connectivity index (χ3n) is 1.22. The van der Waals surface area contributed by atoms with Crippen LogP contribution < -0.4 is 0 Å². The van der Waals surface area contributed by atoms with Gasteiger partial charge in [0.25, 0.3) is 0 Å². The molecule has 1 N–H and O–H groups in total. The predicted molar refractivity (Wildman–Crippen MR) is 57.6 cm³/mol. The monoisotopic (exact) mass is 242 g/mol. The Morgan fingerprint density at radius 3 is 2.31 bits per heavy atom. The van der Waals surface area contributed by atoms with E-state index < -0.39 is 0 Å². The zero-order valence-corrected chi connectivity index (χ0v) is 8.86. The van der Waals surface area contributed by atoms with Gasteiger partial charge in [0.2, 0.25) is 0 Å². The fourth-order valence-corrected chi connectivity index (χ4v) is 1.01. The summed E-state index contributed by atoms with van der Waals surface area (Å²) < 4.78 is 0.559. The Balaban J connectivity index is 0.000000671. The molecule has 0 amide bonds. The van der Waals surface area contributed by atoms with E-state index in [1.165, 1.54) is 0 Å². The van der Waals surface area contributed by atoms with Gasteiger partial charge in [-0.2, -0.15) is 0 Å². The van der Waals surface area contributed by atoms with Gasteiger partial charge in [-0.05, 0) is 27.6 Å². The lowest BCUT2D eigenvalue weighted by molar-refractivity contribution is -0.104. The van der Waals surface area contributed by atoms with Crippen molar-refractivity contribution in [1.82, 2.24) is 0 Å². The smallest absolute Gasteiger partial charge is 0.157 e. The quantitative estimate of drug-likeness (QED) is 0.638. The minimum Gasteiger partial charge on any atom is -0.400 e. The molecule has 0 bridgehead atoms. The highest BCUT2D eigenvalue weighted by Crippen LogP contribution is 2.08. The van der Waals surface area contributed by atoms with Crippen molar-refractivity contribution < 1.29 is 9.90 Å². The van der Waals surface area contributed by atoms with E-state index in [2.05, 4.69) is 15.9 Å². The van der Waals surface area contributed by atoms with Crippen LogP contribution in [0.1, 0.15) is 5.56 Å². The molecule has 3 heteroatoms. The van der Waals surface area contributed by atoms with E-state index >= 15 is 0 Å². The van der Waals surface area contributed by atoms with Crippen LogP contribution in [0.25, 0.3) is 6.08 Å². The average Bonchev–Trinajstić information content (AvgIpc) is 2.22. The van der Waals surface area contributed by atoms with Crippen LogP contribution in [0.4, 0.5) is 0 Å². The van der Waals surface area contributed by atoms with Crippen molar-refractivity contribution in [2.24, 2.45) is 0 Å². The number of halogens is 1. The summed E-state index contributed by atoms with van der Waals surface area (Å²) in [5.74, 6) is 0. The van der Waals surface area contributed by atoms with Crippen LogP contribution in [0.3, 0.4) is 0 Å². The zero-order chi connectivity index (χ0) is 10.1. The number of carbonyl (C=O) groups excluding carboxylic acids is 1. The molecule has 2 nitrogen and oxygen atoms in total. The Morgan fingerprint density at radius 1 is 1.31 bits per heavy atom. The summed E-state index contributed by atoms with van der Waals surface area (Å²) in [7, 11) is 1.00. The summed E-state index contributed by atoms with van der Waals surface area (Å²) in [5, 5.41) is 7.00. The molecule has 1 aromatic rings. The molecule has 0 unspecified atom stereocenters. The Morgan fingerprint density at radius 2 is 1.85 bits per heavy atom. The highest BCUT2D eigenvalue weighted by molar-refractivity contribution is 9.12. The van der Waals surface area contributed by atoms with Crippen molar-refractivity contribution in [3.63, 3.8) is 0 Å². The zero-order valence-electron chi connectivity index (χ0n) is 7.27. The van der Waals surface area contributed by atoms with Gasteiger partial charge in [0, 0.05) is 7.11 Å².